The zero-order valence-corrected chi connectivity index (χ0v) is 16.2. The van der Waals surface area contributed by atoms with Crippen LogP contribution in [0.2, 0.25) is 0 Å². The summed E-state index contributed by atoms with van der Waals surface area (Å²) >= 11 is 0. The molecule has 1 atom stereocenters. The Hall–Kier alpha value is -2.25. The number of hydrogen-bond acceptors (Lipinski definition) is 3. The van der Waals surface area contributed by atoms with Crippen LogP contribution < -0.4 is 0 Å². The minimum Gasteiger partial charge on any atom is -0.335 e. The monoisotopic (exact) mass is 390 g/mol. The molecule has 1 amide bonds. The van der Waals surface area contributed by atoms with Crippen LogP contribution in [0.4, 0.5) is 4.39 Å². The molecule has 2 aromatic rings. The highest BCUT2D eigenvalue weighted by Gasteiger charge is 2.28. The number of rotatable bonds is 5. The maximum absolute atomic E-state index is 13.1. The first kappa shape index (κ1) is 19.5. The molecule has 1 heterocycles. The number of sulfonamides is 1. The second kappa shape index (κ2) is 7.78. The second-order valence-electron chi connectivity index (χ2n) is 6.78. The van der Waals surface area contributed by atoms with Crippen molar-refractivity contribution in [1.29, 1.82) is 0 Å². The van der Waals surface area contributed by atoms with E-state index in [9.17, 15) is 17.6 Å². The number of carbonyl (C=O) groups is 1. The van der Waals surface area contributed by atoms with E-state index in [2.05, 4.69) is 0 Å². The summed E-state index contributed by atoms with van der Waals surface area (Å²) in [6, 6.07) is 11.9. The van der Waals surface area contributed by atoms with Crippen LogP contribution in [0.25, 0.3) is 0 Å². The summed E-state index contributed by atoms with van der Waals surface area (Å²) in [6.07, 6.45) is 1.71. The lowest BCUT2D eigenvalue weighted by atomic mass is 10.1. The largest absolute Gasteiger partial charge is 0.335 e. The van der Waals surface area contributed by atoms with Crippen LogP contribution in [0.1, 0.15) is 41.7 Å². The van der Waals surface area contributed by atoms with E-state index in [1.54, 1.807) is 31.3 Å². The molecule has 0 N–H and O–H groups in total. The third kappa shape index (κ3) is 4.04. The zero-order chi connectivity index (χ0) is 19.6. The van der Waals surface area contributed by atoms with Gasteiger partial charge in [-0.3, -0.25) is 4.79 Å². The minimum atomic E-state index is -3.58. The predicted molar refractivity (Wildman–Crippen MR) is 101 cm³/mol. The summed E-state index contributed by atoms with van der Waals surface area (Å²) in [5, 5.41) is 0. The van der Waals surface area contributed by atoms with Crippen molar-refractivity contribution in [3.63, 3.8) is 0 Å². The first-order chi connectivity index (χ1) is 12.8. The van der Waals surface area contributed by atoms with Gasteiger partial charge in [0.15, 0.2) is 0 Å². The molecule has 0 radical (unpaired) electrons. The van der Waals surface area contributed by atoms with E-state index in [1.165, 1.54) is 33.5 Å². The fourth-order valence-corrected chi connectivity index (χ4v) is 4.78. The molecule has 0 saturated carbocycles. The summed E-state index contributed by atoms with van der Waals surface area (Å²) in [6.45, 7) is 2.87. The van der Waals surface area contributed by atoms with Gasteiger partial charge in [0.1, 0.15) is 5.82 Å². The SMILES string of the molecule is CC(c1ccc(F)cc1)N(C)C(=O)c1cccc(S(=O)(=O)N2CCCC2)c1. The van der Waals surface area contributed by atoms with Gasteiger partial charge in [0.05, 0.1) is 10.9 Å². The molecule has 0 spiro atoms. The van der Waals surface area contributed by atoms with Crippen molar-refractivity contribution in [2.24, 2.45) is 0 Å². The van der Waals surface area contributed by atoms with Gasteiger partial charge in [0.25, 0.3) is 5.91 Å². The quantitative estimate of drug-likeness (QED) is 0.786. The molecule has 3 rings (SSSR count). The van der Waals surface area contributed by atoms with Crippen molar-refractivity contribution in [2.45, 2.75) is 30.7 Å². The van der Waals surface area contributed by atoms with Gasteiger partial charge in [-0.2, -0.15) is 4.31 Å². The van der Waals surface area contributed by atoms with Gasteiger partial charge in [-0.15, -0.1) is 0 Å². The van der Waals surface area contributed by atoms with Crippen LogP contribution in [0.5, 0.6) is 0 Å². The van der Waals surface area contributed by atoms with Crippen LogP contribution >= 0.6 is 0 Å². The lowest BCUT2D eigenvalue weighted by Gasteiger charge is -2.26. The lowest BCUT2D eigenvalue weighted by Crippen LogP contribution is -2.30. The Balaban J connectivity index is 1.83. The average Bonchev–Trinajstić information content (AvgIpc) is 3.22. The van der Waals surface area contributed by atoms with Gasteiger partial charge >= 0.3 is 0 Å². The summed E-state index contributed by atoms with van der Waals surface area (Å²) < 4.78 is 40.0. The van der Waals surface area contributed by atoms with Gasteiger partial charge in [-0.1, -0.05) is 18.2 Å². The maximum Gasteiger partial charge on any atom is 0.254 e. The third-order valence-electron chi connectivity index (χ3n) is 5.04. The summed E-state index contributed by atoms with van der Waals surface area (Å²) in [4.78, 5) is 14.5. The van der Waals surface area contributed by atoms with Crippen LogP contribution in [-0.4, -0.2) is 43.7 Å². The van der Waals surface area contributed by atoms with E-state index in [0.29, 0.717) is 18.7 Å². The molecule has 0 bridgehead atoms. The highest BCUT2D eigenvalue weighted by atomic mass is 32.2. The Morgan fingerprint density at radius 2 is 1.74 bits per heavy atom. The number of benzene rings is 2. The highest BCUT2D eigenvalue weighted by molar-refractivity contribution is 7.89. The molecular formula is C20H23FN2O3S. The summed E-state index contributed by atoms with van der Waals surface area (Å²) in [5.74, 6) is -0.620. The summed E-state index contributed by atoms with van der Waals surface area (Å²) in [5.41, 5.74) is 1.11. The normalized spacial score (nSPS) is 16.3. The molecule has 1 saturated heterocycles. The molecule has 1 unspecified atom stereocenters. The van der Waals surface area contributed by atoms with Crippen molar-refractivity contribution in [3.05, 3.63) is 65.5 Å². The Morgan fingerprint density at radius 1 is 1.11 bits per heavy atom. The van der Waals surface area contributed by atoms with Crippen LogP contribution in [0, 0.1) is 5.82 Å². The lowest BCUT2D eigenvalue weighted by molar-refractivity contribution is 0.0742. The Labute approximate surface area is 159 Å². The van der Waals surface area contributed by atoms with Gasteiger partial charge < -0.3 is 4.90 Å². The van der Waals surface area contributed by atoms with E-state index in [-0.39, 0.29) is 22.7 Å². The van der Waals surface area contributed by atoms with Gasteiger partial charge in [-0.25, -0.2) is 12.8 Å². The fourth-order valence-electron chi connectivity index (χ4n) is 3.21. The molecule has 1 aliphatic rings. The molecule has 1 fully saturated rings. The smallest absolute Gasteiger partial charge is 0.254 e. The molecule has 0 aliphatic carbocycles. The standard InChI is InChI=1S/C20H23FN2O3S/c1-15(16-8-10-18(21)11-9-16)22(2)20(24)17-6-5-7-19(14-17)27(25,26)23-12-3-4-13-23/h5-11,14-15H,3-4,12-13H2,1-2H3. The Kier molecular flexibility index (Phi) is 5.62. The molecule has 144 valence electrons. The minimum absolute atomic E-state index is 0.137. The van der Waals surface area contributed by atoms with E-state index in [4.69, 9.17) is 0 Å². The molecule has 5 nitrogen and oxygen atoms in total. The fraction of sp³-hybridized carbons (Fsp3) is 0.350. The third-order valence-corrected chi connectivity index (χ3v) is 6.93. The second-order valence-corrected chi connectivity index (χ2v) is 8.72. The van der Waals surface area contributed by atoms with Crippen LogP contribution in [0.3, 0.4) is 0 Å². The first-order valence-corrected chi connectivity index (χ1v) is 10.4. The Morgan fingerprint density at radius 3 is 2.37 bits per heavy atom. The van der Waals surface area contributed by atoms with Crippen LogP contribution in [-0.2, 0) is 10.0 Å². The predicted octanol–water partition coefficient (Wildman–Crippen LogP) is 3.44. The number of carbonyl (C=O) groups excluding carboxylic acids is 1. The highest BCUT2D eigenvalue weighted by Crippen LogP contribution is 2.24. The summed E-state index contributed by atoms with van der Waals surface area (Å²) in [7, 11) is -1.93. The number of hydrogen-bond donors (Lipinski definition) is 0. The average molecular weight is 390 g/mol. The molecule has 0 aromatic heterocycles. The van der Waals surface area contributed by atoms with Crippen molar-refractivity contribution < 1.29 is 17.6 Å². The molecule has 7 heteroatoms. The molecular weight excluding hydrogens is 367 g/mol. The number of halogens is 1. The topological polar surface area (TPSA) is 57.7 Å². The van der Waals surface area contributed by atoms with Gasteiger partial charge in [-0.05, 0) is 55.7 Å². The molecule has 2 aromatic carbocycles. The van der Waals surface area contributed by atoms with E-state index < -0.39 is 10.0 Å². The molecule has 27 heavy (non-hydrogen) atoms. The Bertz CT molecular complexity index is 922. The van der Waals surface area contributed by atoms with Crippen molar-refractivity contribution >= 4 is 15.9 Å². The molecule has 1 aliphatic heterocycles. The zero-order valence-electron chi connectivity index (χ0n) is 15.4. The van der Waals surface area contributed by atoms with Crippen molar-refractivity contribution in [3.8, 4) is 0 Å². The van der Waals surface area contributed by atoms with Crippen molar-refractivity contribution in [2.75, 3.05) is 20.1 Å². The van der Waals surface area contributed by atoms with Crippen molar-refractivity contribution in [1.82, 2.24) is 9.21 Å². The van der Waals surface area contributed by atoms with Gasteiger partial charge in [0.2, 0.25) is 10.0 Å². The van der Waals surface area contributed by atoms with E-state index >= 15 is 0 Å². The van der Waals surface area contributed by atoms with E-state index in [0.717, 1.165) is 18.4 Å². The first-order valence-electron chi connectivity index (χ1n) is 8.93. The number of nitrogens with zero attached hydrogens (tertiary/aromatic N) is 2. The van der Waals surface area contributed by atoms with E-state index in [1.807, 2.05) is 6.92 Å². The van der Waals surface area contributed by atoms with Gasteiger partial charge in [0, 0.05) is 25.7 Å². The number of amides is 1. The van der Waals surface area contributed by atoms with Crippen LogP contribution in [0.15, 0.2) is 53.4 Å². The maximum atomic E-state index is 13.1.